The Morgan fingerprint density at radius 3 is 2.80 bits per heavy atom. The van der Waals surface area contributed by atoms with Gasteiger partial charge < -0.3 is 5.73 Å². The van der Waals surface area contributed by atoms with Gasteiger partial charge in [0, 0.05) is 17.3 Å². The van der Waals surface area contributed by atoms with Gasteiger partial charge in [0.05, 0.1) is 11.9 Å². The van der Waals surface area contributed by atoms with Crippen molar-refractivity contribution in [1.29, 1.82) is 0 Å². The van der Waals surface area contributed by atoms with Gasteiger partial charge in [0.1, 0.15) is 18.0 Å². The predicted molar refractivity (Wildman–Crippen MR) is 54.4 cm³/mol. The number of nitrogens with two attached hydrogens (primary N) is 1. The van der Waals surface area contributed by atoms with Gasteiger partial charge in [-0.3, -0.25) is 4.98 Å². The Kier molecular flexibility index (Phi) is 2.29. The van der Waals surface area contributed by atoms with E-state index < -0.39 is 5.82 Å². The average Bonchev–Trinajstić information content (AvgIpc) is 2.22. The van der Waals surface area contributed by atoms with Crippen LogP contribution < -0.4 is 5.73 Å². The second-order valence-corrected chi connectivity index (χ2v) is 3.12. The number of halogens is 1. The molecular formula is C10H9FN4. The lowest BCUT2D eigenvalue weighted by Gasteiger charge is -2.05. The van der Waals surface area contributed by atoms with E-state index in [-0.39, 0.29) is 0 Å². The minimum absolute atomic E-state index is 0.393. The molecule has 0 spiro atoms. The van der Waals surface area contributed by atoms with Gasteiger partial charge in [-0.05, 0) is 13.0 Å². The first kappa shape index (κ1) is 9.51. The second kappa shape index (κ2) is 3.61. The number of pyridine rings is 1. The van der Waals surface area contributed by atoms with E-state index >= 15 is 0 Å². The highest BCUT2D eigenvalue weighted by Crippen LogP contribution is 2.22. The summed E-state index contributed by atoms with van der Waals surface area (Å²) in [4.78, 5) is 11.6. The Hall–Kier alpha value is -2.04. The Labute approximate surface area is 86.0 Å². The molecule has 5 heteroatoms. The van der Waals surface area contributed by atoms with Crippen LogP contribution in [-0.2, 0) is 0 Å². The number of nitrogens with zero attached hydrogens (tertiary/aromatic N) is 3. The Morgan fingerprint density at radius 2 is 2.07 bits per heavy atom. The van der Waals surface area contributed by atoms with Crippen molar-refractivity contribution in [2.75, 3.05) is 5.73 Å². The van der Waals surface area contributed by atoms with Gasteiger partial charge in [-0.1, -0.05) is 0 Å². The molecule has 0 bridgehead atoms. The third-order valence-electron chi connectivity index (χ3n) is 2.10. The highest BCUT2D eigenvalue weighted by atomic mass is 19.1. The average molecular weight is 204 g/mol. The van der Waals surface area contributed by atoms with E-state index in [1.165, 1.54) is 18.6 Å². The van der Waals surface area contributed by atoms with Crippen LogP contribution in [0.4, 0.5) is 10.2 Å². The van der Waals surface area contributed by atoms with Crippen LogP contribution in [0.25, 0.3) is 11.3 Å². The van der Waals surface area contributed by atoms with Crippen LogP contribution in [-0.4, -0.2) is 15.0 Å². The van der Waals surface area contributed by atoms with Gasteiger partial charge in [-0.15, -0.1) is 0 Å². The van der Waals surface area contributed by atoms with Crippen LogP contribution in [0.2, 0.25) is 0 Å². The zero-order chi connectivity index (χ0) is 10.8. The molecule has 76 valence electrons. The van der Waals surface area contributed by atoms with Crippen LogP contribution in [0, 0.1) is 12.7 Å². The Morgan fingerprint density at radius 1 is 1.27 bits per heavy atom. The van der Waals surface area contributed by atoms with Gasteiger partial charge in [0.15, 0.2) is 0 Å². The lowest BCUT2D eigenvalue weighted by molar-refractivity contribution is 0.622. The highest BCUT2D eigenvalue weighted by molar-refractivity contribution is 5.65. The van der Waals surface area contributed by atoms with E-state index in [4.69, 9.17) is 5.73 Å². The molecule has 0 unspecified atom stereocenters. The SMILES string of the molecule is Cc1c(N)ncnc1-c1cncc(F)c1. The first-order valence-electron chi connectivity index (χ1n) is 4.36. The fraction of sp³-hybridized carbons (Fsp3) is 0.100. The number of rotatable bonds is 1. The number of nitrogen functional groups attached to an aromatic ring is 1. The topological polar surface area (TPSA) is 64.7 Å². The maximum absolute atomic E-state index is 12.9. The number of anilines is 1. The highest BCUT2D eigenvalue weighted by Gasteiger charge is 2.07. The molecule has 0 radical (unpaired) electrons. The maximum Gasteiger partial charge on any atom is 0.142 e. The van der Waals surface area contributed by atoms with Crippen LogP contribution in [0.15, 0.2) is 24.8 Å². The van der Waals surface area contributed by atoms with Crippen molar-refractivity contribution < 1.29 is 4.39 Å². The molecule has 2 N–H and O–H groups in total. The minimum atomic E-state index is -0.399. The third kappa shape index (κ3) is 1.76. The smallest absolute Gasteiger partial charge is 0.142 e. The van der Waals surface area contributed by atoms with Crippen molar-refractivity contribution >= 4 is 5.82 Å². The molecule has 2 aromatic rings. The van der Waals surface area contributed by atoms with E-state index in [1.54, 1.807) is 6.92 Å². The summed E-state index contributed by atoms with van der Waals surface area (Å²) in [5.74, 6) is -0.00616. The second-order valence-electron chi connectivity index (χ2n) is 3.12. The van der Waals surface area contributed by atoms with Crippen LogP contribution >= 0.6 is 0 Å². The minimum Gasteiger partial charge on any atom is -0.383 e. The van der Waals surface area contributed by atoms with Crippen molar-refractivity contribution in [2.45, 2.75) is 6.92 Å². The quantitative estimate of drug-likeness (QED) is 0.765. The van der Waals surface area contributed by atoms with Crippen LogP contribution in [0.5, 0.6) is 0 Å². The van der Waals surface area contributed by atoms with Crippen LogP contribution in [0.3, 0.4) is 0 Å². The Bertz CT molecular complexity index is 499. The molecule has 0 aliphatic rings. The molecule has 2 rings (SSSR count). The van der Waals surface area contributed by atoms with Gasteiger partial charge in [0.2, 0.25) is 0 Å². The zero-order valence-corrected chi connectivity index (χ0v) is 8.11. The van der Waals surface area contributed by atoms with Gasteiger partial charge in [0.25, 0.3) is 0 Å². The van der Waals surface area contributed by atoms with E-state index in [1.807, 2.05) is 0 Å². The summed E-state index contributed by atoms with van der Waals surface area (Å²) in [6, 6.07) is 1.36. The summed E-state index contributed by atoms with van der Waals surface area (Å²) in [6.45, 7) is 1.79. The largest absolute Gasteiger partial charge is 0.383 e. The fourth-order valence-electron chi connectivity index (χ4n) is 1.30. The summed E-state index contributed by atoms with van der Waals surface area (Å²) in [5.41, 5.74) is 7.56. The van der Waals surface area contributed by atoms with E-state index in [0.717, 1.165) is 11.8 Å². The molecule has 0 aliphatic carbocycles. The number of hydrogen-bond donors (Lipinski definition) is 1. The van der Waals surface area contributed by atoms with Crippen molar-refractivity contribution in [2.24, 2.45) is 0 Å². The molecule has 4 nitrogen and oxygen atoms in total. The van der Waals surface area contributed by atoms with E-state index in [0.29, 0.717) is 17.1 Å². The van der Waals surface area contributed by atoms with Gasteiger partial charge in [-0.25, -0.2) is 14.4 Å². The lowest BCUT2D eigenvalue weighted by Crippen LogP contribution is -1.98. The van der Waals surface area contributed by atoms with Crippen molar-refractivity contribution in [1.82, 2.24) is 15.0 Å². The summed E-state index contributed by atoms with van der Waals surface area (Å²) < 4.78 is 12.9. The normalized spacial score (nSPS) is 10.3. The molecule has 15 heavy (non-hydrogen) atoms. The van der Waals surface area contributed by atoms with Crippen LogP contribution in [0.1, 0.15) is 5.56 Å². The maximum atomic E-state index is 12.9. The zero-order valence-electron chi connectivity index (χ0n) is 8.11. The van der Waals surface area contributed by atoms with E-state index in [9.17, 15) is 4.39 Å². The number of aromatic nitrogens is 3. The van der Waals surface area contributed by atoms with Gasteiger partial charge >= 0.3 is 0 Å². The van der Waals surface area contributed by atoms with Crippen molar-refractivity contribution in [3.63, 3.8) is 0 Å². The summed E-state index contributed by atoms with van der Waals surface area (Å²) in [7, 11) is 0. The molecule has 0 saturated heterocycles. The number of hydrogen-bond acceptors (Lipinski definition) is 4. The summed E-state index contributed by atoms with van der Waals surface area (Å²) >= 11 is 0. The molecule has 2 heterocycles. The first-order chi connectivity index (χ1) is 7.18. The molecule has 0 amide bonds. The fourth-order valence-corrected chi connectivity index (χ4v) is 1.30. The van der Waals surface area contributed by atoms with E-state index in [2.05, 4.69) is 15.0 Å². The standard InChI is InChI=1S/C10H9FN4/c1-6-9(14-5-15-10(6)12)7-2-8(11)4-13-3-7/h2-5H,1H3,(H2,12,14,15). The molecule has 0 aromatic carbocycles. The first-order valence-corrected chi connectivity index (χ1v) is 4.36. The third-order valence-corrected chi connectivity index (χ3v) is 2.10. The van der Waals surface area contributed by atoms with Crippen molar-refractivity contribution in [3.8, 4) is 11.3 Å². The van der Waals surface area contributed by atoms with Crippen molar-refractivity contribution in [3.05, 3.63) is 36.2 Å². The monoisotopic (exact) mass is 204 g/mol. The molecule has 2 aromatic heterocycles. The summed E-state index contributed by atoms with van der Waals surface area (Å²) in [6.07, 6.45) is 4.03. The van der Waals surface area contributed by atoms with Gasteiger partial charge in [-0.2, -0.15) is 0 Å². The lowest BCUT2D eigenvalue weighted by atomic mass is 10.1. The molecule has 0 saturated carbocycles. The molecular weight excluding hydrogens is 195 g/mol. The predicted octanol–water partition coefficient (Wildman–Crippen LogP) is 1.57. The summed E-state index contributed by atoms with van der Waals surface area (Å²) in [5, 5.41) is 0. The Balaban J connectivity index is 2.59. The molecule has 0 aliphatic heterocycles. The molecule has 0 atom stereocenters. The molecule has 0 fully saturated rings.